The third kappa shape index (κ3) is 19.8. The molecule has 2 heterocycles. The fourth-order valence-electron chi connectivity index (χ4n) is 7.75. The van der Waals surface area contributed by atoms with Crippen LogP contribution in [0.15, 0.2) is 6.20 Å². The molecule has 1 aromatic rings. The molecule has 1 aliphatic rings. The minimum Gasteiger partial charge on any atom is -0.481 e. The Morgan fingerprint density at radius 1 is 0.759 bits per heavy atom. The van der Waals surface area contributed by atoms with Crippen LogP contribution in [-0.4, -0.2) is 112 Å². The van der Waals surface area contributed by atoms with Crippen LogP contribution in [0.3, 0.4) is 0 Å². The van der Waals surface area contributed by atoms with Crippen molar-refractivity contribution in [1.29, 1.82) is 0 Å². The monoisotopic (exact) mass is 844 g/mol. The molecule has 1 aliphatic heterocycles. The number of carbonyl (C=O) groups is 3. The van der Waals surface area contributed by atoms with Crippen molar-refractivity contribution in [3.63, 3.8) is 0 Å². The smallest absolute Gasteiger partial charge is 0.306 e. The number of amides is 1. The summed E-state index contributed by atoms with van der Waals surface area (Å²) in [5, 5.41) is 71.0. The van der Waals surface area contributed by atoms with E-state index in [4.69, 9.17) is 10.5 Å². The first kappa shape index (κ1) is 51.8. The molecule has 0 aromatic carbocycles. The molecule has 1 aromatic heterocycles. The Hall–Kier alpha value is -2.34. The normalized spacial score (nSPS) is 21.7. The zero-order valence-corrected chi connectivity index (χ0v) is 36.1. The number of nitrogens with one attached hydrogen (secondary N) is 1. The number of hydrogen-bond acceptors (Lipinski definition) is 12. The Bertz CT molecular complexity index is 1260. The molecule has 15 nitrogen and oxygen atoms in total. The maximum absolute atomic E-state index is 13.0. The number of aliphatic carboxylic acids is 2. The fraction of sp³-hybridized carbons (Fsp3) is 0.881. The predicted octanol–water partition coefficient (Wildman–Crippen LogP) is 6.28. The number of aliphatic hydroxyl groups is 4. The van der Waals surface area contributed by atoms with Crippen LogP contribution in [0.1, 0.15) is 168 Å². The lowest BCUT2D eigenvalue weighted by atomic mass is 9.81. The van der Waals surface area contributed by atoms with Gasteiger partial charge in [-0.1, -0.05) is 147 Å². The second-order valence-corrected chi connectivity index (χ2v) is 17.4. The summed E-state index contributed by atoms with van der Waals surface area (Å²) in [7, 11) is 0. The third-order valence-corrected chi connectivity index (χ3v) is 12.7. The third-order valence-electron chi connectivity index (χ3n) is 11.5. The van der Waals surface area contributed by atoms with Crippen molar-refractivity contribution in [3.05, 3.63) is 6.20 Å². The van der Waals surface area contributed by atoms with Crippen molar-refractivity contribution >= 4 is 35.4 Å². The zero-order valence-electron chi connectivity index (χ0n) is 35.3. The van der Waals surface area contributed by atoms with Crippen LogP contribution >= 0.6 is 11.8 Å². The Balaban J connectivity index is 1.98. The Kier molecular flexibility index (Phi) is 27.4. The standard InChI is InChI=1S/C42H77N5O10S/c1-3-5-7-9-11-13-15-17-19-21-23-30(41(53)54)25-31(32(42(55)56)24-22-20-18-16-14-12-10-8-6-4-2)28-58-29-33(43)39(52)44-35-26-47(46-45-35)40-38(51)37(50)36(49)34(27-48)57-40/h26,30-34,36-38,40,48-51H,3-25,27-29,43H2,1-2H3,(H,44,52)(H,53,54)(H,55,56)/t30-,31?,32?,33-,34?,36?,37?,38?,40-/m1/s1. The van der Waals surface area contributed by atoms with Gasteiger partial charge in [0, 0.05) is 5.75 Å². The van der Waals surface area contributed by atoms with E-state index in [9.17, 15) is 45.0 Å². The van der Waals surface area contributed by atoms with Crippen molar-refractivity contribution in [3.8, 4) is 0 Å². The highest BCUT2D eigenvalue weighted by atomic mass is 32.2. The summed E-state index contributed by atoms with van der Waals surface area (Å²) < 4.78 is 6.54. The summed E-state index contributed by atoms with van der Waals surface area (Å²) in [6, 6.07) is -1.02. The van der Waals surface area contributed by atoms with E-state index in [1.165, 1.54) is 95.0 Å². The van der Waals surface area contributed by atoms with Crippen molar-refractivity contribution in [1.82, 2.24) is 15.0 Å². The number of nitrogens with two attached hydrogens (primary N) is 1. The number of carboxylic acid groups (broad SMARTS) is 2. The zero-order chi connectivity index (χ0) is 42.7. The lowest BCUT2D eigenvalue weighted by Gasteiger charge is -2.39. The molecule has 336 valence electrons. The van der Waals surface area contributed by atoms with E-state index in [2.05, 4.69) is 29.5 Å². The van der Waals surface area contributed by atoms with Gasteiger partial charge in [-0.3, -0.25) is 14.4 Å². The van der Waals surface area contributed by atoms with E-state index in [-0.39, 0.29) is 18.0 Å². The van der Waals surface area contributed by atoms with E-state index in [1.54, 1.807) is 0 Å². The van der Waals surface area contributed by atoms with Crippen LogP contribution in [0.5, 0.6) is 0 Å². The highest BCUT2D eigenvalue weighted by Crippen LogP contribution is 2.32. The van der Waals surface area contributed by atoms with Gasteiger partial charge in [0.2, 0.25) is 5.91 Å². The van der Waals surface area contributed by atoms with Crippen molar-refractivity contribution in [2.75, 3.05) is 23.4 Å². The number of rotatable bonds is 35. The van der Waals surface area contributed by atoms with Crippen molar-refractivity contribution in [2.45, 2.75) is 198 Å². The highest BCUT2D eigenvalue weighted by Gasteiger charge is 2.45. The quantitative estimate of drug-likeness (QED) is 0.0351. The first-order valence-corrected chi connectivity index (χ1v) is 23.4. The number of aliphatic hydroxyl groups excluding tert-OH is 4. The van der Waals surface area contributed by atoms with Gasteiger partial charge in [0.05, 0.1) is 30.7 Å². The van der Waals surface area contributed by atoms with Gasteiger partial charge in [0.15, 0.2) is 12.0 Å². The lowest BCUT2D eigenvalue weighted by Crippen LogP contribution is -2.56. The molecule has 2 rings (SSSR count). The lowest BCUT2D eigenvalue weighted by molar-refractivity contribution is -0.254. The first-order chi connectivity index (χ1) is 27.9. The van der Waals surface area contributed by atoms with Gasteiger partial charge in [-0.15, -0.1) is 5.10 Å². The number of aromatic nitrogens is 3. The van der Waals surface area contributed by atoms with Crippen LogP contribution in [0, 0.1) is 17.8 Å². The average molecular weight is 844 g/mol. The molecule has 9 atom stereocenters. The first-order valence-electron chi connectivity index (χ1n) is 22.3. The van der Waals surface area contributed by atoms with Gasteiger partial charge in [-0.2, -0.15) is 11.8 Å². The summed E-state index contributed by atoms with van der Waals surface area (Å²) in [5.74, 6) is -3.73. The van der Waals surface area contributed by atoms with E-state index in [1.807, 2.05) is 0 Å². The molecule has 0 saturated carbocycles. The summed E-state index contributed by atoms with van der Waals surface area (Å²) in [6.45, 7) is 3.80. The number of unbranched alkanes of at least 4 members (excludes halogenated alkanes) is 18. The number of anilines is 1. The SMILES string of the molecule is CCCCCCCCCCCCC(C(=O)O)C(CSC[C@@H](N)C(=O)Nc1cn([C@@H]2OC(CO)C(O)C(O)C2O)nn1)C[C@@H](CCCCCCCCCCCC)C(=O)O. The van der Waals surface area contributed by atoms with Crippen LogP contribution in [0.2, 0.25) is 0 Å². The molecule has 9 N–H and O–H groups in total. The molecule has 0 aliphatic carbocycles. The highest BCUT2D eigenvalue weighted by molar-refractivity contribution is 7.99. The van der Waals surface area contributed by atoms with Gasteiger partial charge in [-0.25, -0.2) is 4.68 Å². The second kappa shape index (κ2) is 30.6. The van der Waals surface area contributed by atoms with E-state index >= 15 is 0 Å². The molecule has 6 unspecified atom stereocenters. The van der Waals surface area contributed by atoms with E-state index < -0.39 is 78.9 Å². The van der Waals surface area contributed by atoms with Crippen molar-refractivity contribution < 1.29 is 49.8 Å². The topological polar surface area (TPSA) is 251 Å². The Morgan fingerprint density at radius 3 is 1.78 bits per heavy atom. The number of thioether (sulfide) groups is 1. The van der Waals surface area contributed by atoms with Crippen LogP contribution in [0.25, 0.3) is 0 Å². The number of ether oxygens (including phenoxy) is 1. The summed E-state index contributed by atoms with van der Waals surface area (Å²) in [6.07, 6.45) is 18.1. The molecular weight excluding hydrogens is 767 g/mol. The van der Waals surface area contributed by atoms with Gasteiger partial charge in [0.1, 0.15) is 24.4 Å². The van der Waals surface area contributed by atoms with Gasteiger partial charge in [0.25, 0.3) is 0 Å². The summed E-state index contributed by atoms with van der Waals surface area (Å²) in [5.41, 5.74) is 6.24. The fourth-order valence-corrected chi connectivity index (χ4v) is 8.96. The maximum Gasteiger partial charge on any atom is 0.306 e. The summed E-state index contributed by atoms with van der Waals surface area (Å²) >= 11 is 1.33. The van der Waals surface area contributed by atoms with E-state index in [0.29, 0.717) is 18.6 Å². The number of carbonyl (C=O) groups excluding carboxylic acids is 1. The molecule has 1 saturated heterocycles. The van der Waals surface area contributed by atoms with Gasteiger partial charge >= 0.3 is 11.9 Å². The number of carboxylic acids is 2. The van der Waals surface area contributed by atoms with Gasteiger partial charge in [-0.05, 0) is 30.9 Å². The maximum atomic E-state index is 13.0. The Labute approximate surface area is 350 Å². The van der Waals surface area contributed by atoms with Gasteiger partial charge < -0.3 is 46.4 Å². The largest absolute Gasteiger partial charge is 0.481 e. The minimum atomic E-state index is -1.62. The van der Waals surface area contributed by atoms with Crippen LogP contribution < -0.4 is 11.1 Å². The number of nitrogens with zero attached hydrogens (tertiary/aromatic N) is 3. The average Bonchev–Trinajstić information content (AvgIpc) is 3.66. The van der Waals surface area contributed by atoms with Crippen molar-refractivity contribution in [2.24, 2.45) is 23.5 Å². The van der Waals surface area contributed by atoms with E-state index in [0.717, 1.165) is 56.0 Å². The molecule has 58 heavy (non-hydrogen) atoms. The number of hydrogen-bond donors (Lipinski definition) is 8. The van der Waals surface area contributed by atoms with Crippen LogP contribution in [-0.2, 0) is 19.1 Å². The Morgan fingerprint density at radius 2 is 1.28 bits per heavy atom. The molecular formula is C42H77N5O10S. The van der Waals surface area contributed by atoms with Crippen LogP contribution in [0.4, 0.5) is 5.82 Å². The molecule has 1 fully saturated rings. The molecule has 0 bridgehead atoms. The molecule has 16 heteroatoms. The molecule has 1 amide bonds. The summed E-state index contributed by atoms with van der Waals surface area (Å²) in [4.78, 5) is 38.3. The minimum absolute atomic E-state index is 0.0148. The molecule has 0 radical (unpaired) electrons. The predicted molar refractivity (Wildman–Crippen MR) is 226 cm³/mol. The molecule has 0 spiro atoms. The second-order valence-electron chi connectivity index (χ2n) is 16.4.